The number of carboxylic acids is 1. The second-order valence-electron chi connectivity index (χ2n) is 5.20. The fourth-order valence-electron chi connectivity index (χ4n) is 2.77. The molecule has 0 amide bonds. The molecule has 0 aromatic rings. The molecule has 88 valence electrons. The van der Waals surface area contributed by atoms with Crippen LogP contribution in [0.2, 0.25) is 0 Å². The van der Waals surface area contributed by atoms with Gasteiger partial charge in [0.05, 0.1) is 6.42 Å². The predicted molar refractivity (Wildman–Crippen MR) is 60.6 cm³/mol. The van der Waals surface area contributed by atoms with Gasteiger partial charge in [0.1, 0.15) is 0 Å². The van der Waals surface area contributed by atoms with Gasteiger partial charge < -0.3 is 10.8 Å². The Morgan fingerprint density at radius 1 is 1.47 bits per heavy atom. The average molecular weight is 213 g/mol. The lowest BCUT2D eigenvalue weighted by atomic mass is 9.65. The lowest BCUT2D eigenvalue weighted by Crippen LogP contribution is -2.45. The minimum Gasteiger partial charge on any atom is -0.481 e. The van der Waals surface area contributed by atoms with Crippen LogP contribution in [-0.4, -0.2) is 17.1 Å². The highest BCUT2D eigenvalue weighted by Gasteiger charge is 2.39. The van der Waals surface area contributed by atoms with Crippen molar-refractivity contribution in [3.05, 3.63) is 0 Å². The number of hydrogen-bond acceptors (Lipinski definition) is 2. The molecular formula is C12H23NO2. The molecule has 1 fully saturated rings. The Kier molecular flexibility index (Phi) is 4.14. The number of hydrogen-bond donors (Lipinski definition) is 2. The maximum absolute atomic E-state index is 10.9. The predicted octanol–water partition coefficient (Wildman–Crippen LogP) is 2.39. The Morgan fingerprint density at radius 2 is 2.00 bits per heavy atom. The average Bonchev–Trinajstić information content (AvgIpc) is 2.17. The van der Waals surface area contributed by atoms with E-state index in [1.54, 1.807) is 0 Å². The Balaban J connectivity index is 2.74. The molecule has 1 saturated carbocycles. The fourth-order valence-corrected chi connectivity index (χ4v) is 2.77. The number of carboxylic acid groups (broad SMARTS) is 1. The molecule has 0 aliphatic heterocycles. The zero-order chi connectivity index (χ0) is 11.5. The molecule has 0 bridgehead atoms. The zero-order valence-corrected chi connectivity index (χ0v) is 9.83. The maximum atomic E-state index is 10.9. The van der Waals surface area contributed by atoms with Gasteiger partial charge in [0.2, 0.25) is 0 Å². The fraction of sp³-hybridized carbons (Fsp3) is 0.917. The van der Waals surface area contributed by atoms with Gasteiger partial charge in [-0.25, -0.2) is 0 Å². The third-order valence-corrected chi connectivity index (χ3v) is 4.11. The van der Waals surface area contributed by atoms with Gasteiger partial charge in [-0.15, -0.1) is 0 Å². The van der Waals surface area contributed by atoms with E-state index in [1.807, 2.05) is 13.8 Å². The summed E-state index contributed by atoms with van der Waals surface area (Å²) in [6.45, 7) is 3.99. The van der Waals surface area contributed by atoms with Gasteiger partial charge in [-0.1, -0.05) is 26.2 Å². The number of nitrogens with two attached hydrogens (primary N) is 1. The number of carbonyl (C=O) groups is 1. The molecular weight excluding hydrogens is 190 g/mol. The standard InChI is InChI=1S/C12H23NO2/c1-9(13)12(2,8-11(14)15)10-6-4-3-5-7-10/h9-10H,3-8,13H2,1-2H3,(H,14,15). The van der Waals surface area contributed by atoms with E-state index < -0.39 is 5.97 Å². The van der Waals surface area contributed by atoms with Crippen molar-refractivity contribution in [2.45, 2.75) is 58.4 Å². The first-order valence-corrected chi connectivity index (χ1v) is 5.94. The summed E-state index contributed by atoms with van der Waals surface area (Å²) in [7, 11) is 0. The lowest BCUT2D eigenvalue weighted by molar-refractivity contribution is -0.141. The highest BCUT2D eigenvalue weighted by molar-refractivity contribution is 5.67. The Labute approximate surface area is 92.0 Å². The molecule has 1 aliphatic rings. The van der Waals surface area contributed by atoms with Gasteiger partial charge in [-0.2, -0.15) is 0 Å². The van der Waals surface area contributed by atoms with Crippen molar-refractivity contribution in [3.63, 3.8) is 0 Å². The molecule has 1 aliphatic carbocycles. The van der Waals surface area contributed by atoms with Gasteiger partial charge in [0, 0.05) is 6.04 Å². The summed E-state index contributed by atoms with van der Waals surface area (Å²) < 4.78 is 0. The molecule has 0 aromatic carbocycles. The second-order valence-corrected chi connectivity index (χ2v) is 5.20. The Morgan fingerprint density at radius 3 is 2.40 bits per heavy atom. The first-order valence-electron chi connectivity index (χ1n) is 5.94. The number of rotatable bonds is 4. The van der Waals surface area contributed by atoms with Crippen LogP contribution in [0.1, 0.15) is 52.4 Å². The summed E-state index contributed by atoms with van der Waals surface area (Å²) in [5.41, 5.74) is 5.76. The van der Waals surface area contributed by atoms with Crippen molar-refractivity contribution in [1.82, 2.24) is 0 Å². The highest BCUT2D eigenvalue weighted by Crippen LogP contribution is 2.42. The van der Waals surface area contributed by atoms with Gasteiger partial charge in [0.15, 0.2) is 0 Å². The normalized spacial score (nSPS) is 24.5. The minimum absolute atomic E-state index is 0.0447. The zero-order valence-electron chi connectivity index (χ0n) is 9.83. The Bertz CT molecular complexity index is 222. The van der Waals surface area contributed by atoms with E-state index in [1.165, 1.54) is 19.3 Å². The largest absolute Gasteiger partial charge is 0.481 e. The summed E-state index contributed by atoms with van der Waals surface area (Å²) in [5.74, 6) is -0.234. The van der Waals surface area contributed by atoms with E-state index in [-0.39, 0.29) is 17.9 Å². The molecule has 0 radical (unpaired) electrons. The van der Waals surface area contributed by atoms with Crippen molar-refractivity contribution < 1.29 is 9.90 Å². The van der Waals surface area contributed by atoms with Crippen LogP contribution in [0, 0.1) is 11.3 Å². The van der Waals surface area contributed by atoms with Crippen molar-refractivity contribution in [1.29, 1.82) is 0 Å². The van der Waals surface area contributed by atoms with Crippen molar-refractivity contribution >= 4 is 5.97 Å². The highest BCUT2D eigenvalue weighted by atomic mass is 16.4. The molecule has 15 heavy (non-hydrogen) atoms. The third kappa shape index (κ3) is 2.94. The second kappa shape index (κ2) is 4.97. The van der Waals surface area contributed by atoms with Crippen molar-refractivity contribution in [3.8, 4) is 0 Å². The van der Waals surface area contributed by atoms with Gasteiger partial charge in [-0.05, 0) is 31.1 Å². The Hall–Kier alpha value is -0.570. The van der Waals surface area contributed by atoms with E-state index in [4.69, 9.17) is 10.8 Å². The molecule has 0 spiro atoms. The van der Waals surface area contributed by atoms with E-state index in [0.29, 0.717) is 5.92 Å². The minimum atomic E-state index is -0.722. The van der Waals surface area contributed by atoms with Crippen molar-refractivity contribution in [2.75, 3.05) is 0 Å². The summed E-state index contributed by atoms with van der Waals surface area (Å²) in [6, 6.07) is -0.0447. The lowest BCUT2D eigenvalue weighted by Gasteiger charge is -2.42. The van der Waals surface area contributed by atoms with Crippen LogP contribution in [0.15, 0.2) is 0 Å². The van der Waals surface area contributed by atoms with E-state index >= 15 is 0 Å². The summed E-state index contributed by atoms with van der Waals surface area (Å²) in [6.07, 6.45) is 6.24. The first-order chi connectivity index (χ1) is 6.97. The molecule has 3 N–H and O–H groups in total. The van der Waals surface area contributed by atoms with Crippen LogP contribution in [0.4, 0.5) is 0 Å². The van der Waals surface area contributed by atoms with Gasteiger partial charge in [0.25, 0.3) is 0 Å². The molecule has 0 saturated heterocycles. The molecule has 3 heteroatoms. The first kappa shape index (κ1) is 12.5. The van der Waals surface area contributed by atoms with Crippen LogP contribution >= 0.6 is 0 Å². The topological polar surface area (TPSA) is 63.3 Å². The maximum Gasteiger partial charge on any atom is 0.303 e. The quantitative estimate of drug-likeness (QED) is 0.753. The summed E-state index contributed by atoms with van der Waals surface area (Å²) in [4.78, 5) is 10.9. The van der Waals surface area contributed by atoms with Crippen LogP contribution in [0.3, 0.4) is 0 Å². The molecule has 1 rings (SSSR count). The van der Waals surface area contributed by atoms with Crippen LogP contribution in [-0.2, 0) is 4.79 Å². The van der Waals surface area contributed by atoms with E-state index in [2.05, 4.69) is 0 Å². The summed E-state index contributed by atoms with van der Waals surface area (Å²) in [5, 5.41) is 8.97. The molecule has 2 unspecified atom stereocenters. The number of aliphatic carboxylic acids is 1. The third-order valence-electron chi connectivity index (χ3n) is 4.11. The van der Waals surface area contributed by atoms with Gasteiger partial charge in [-0.3, -0.25) is 4.79 Å². The SMILES string of the molecule is CC(N)C(C)(CC(=O)O)C1CCCCC1. The van der Waals surface area contributed by atoms with Crippen molar-refractivity contribution in [2.24, 2.45) is 17.1 Å². The molecule has 3 nitrogen and oxygen atoms in total. The van der Waals surface area contributed by atoms with Crippen LogP contribution in [0.25, 0.3) is 0 Å². The molecule has 2 atom stereocenters. The molecule has 0 heterocycles. The van der Waals surface area contributed by atoms with E-state index in [9.17, 15) is 4.79 Å². The monoisotopic (exact) mass is 213 g/mol. The van der Waals surface area contributed by atoms with Crippen LogP contribution in [0.5, 0.6) is 0 Å². The summed E-state index contributed by atoms with van der Waals surface area (Å²) >= 11 is 0. The van der Waals surface area contributed by atoms with Gasteiger partial charge >= 0.3 is 5.97 Å². The van der Waals surface area contributed by atoms with E-state index in [0.717, 1.165) is 12.8 Å². The smallest absolute Gasteiger partial charge is 0.303 e. The molecule has 0 aromatic heterocycles. The van der Waals surface area contributed by atoms with Crippen LogP contribution < -0.4 is 5.73 Å².